The van der Waals surface area contributed by atoms with Crippen molar-refractivity contribution in [3.63, 3.8) is 0 Å². The molecule has 0 bridgehead atoms. The zero-order valence-corrected chi connectivity index (χ0v) is 16.3. The molecule has 3 aromatic carbocycles. The predicted octanol–water partition coefficient (Wildman–Crippen LogP) is 5.76. The van der Waals surface area contributed by atoms with Crippen LogP contribution in [0.15, 0.2) is 84.2 Å². The van der Waals surface area contributed by atoms with E-state index in [2.05, 4.69) is 10.3 Å². The van der Waals surface area contributed by atoms with Gasteiger partial charge in [0, 0.05) is 28.6 Å². The number of nitrogens with one attached hydrogen (secondary N) is 1. The molecule has 0 saturated carbocycles. The molecule has 7 nitrogen and oxygen atoms in total. The summed E-state index contributed by atoms with van der Waals surface area (Å²) in [6.45, 7) is 0. The molecule has 1 N–H and O–H groups in total. The van der Waals surface area contributed by atoms with Crippen LogP contribution in [0.5, 0.6) is 11.5 Å². The Hall–Kier alpha value is -4.04. The van der Waals surface area contributed by atoms with Crippen molar-refractivity contribution in [3.8, 4) is 22.8 Å². The molecule has 148 valence electrons. The second-order valence-electron chi connectivity index (χ2n) is 6.24. The van der Waals surface area contributed by atoms with Crippen LogP contribution in [0.1, 0.15) is 10.4 Å². The van der Waals surface area contributed by atoms with Crippen molar-refractivity contribution in [2.24, 2.45) is 0 Å². The van der Waals surface area contributed by atoms with Crippen LogP contribution in [-0.4, -0.2) is 15.8 Å². The number of carbonyl (C=O) groups is 1. The van der Waals surface area contributed by atoms with E-state index in [-0.39, 0.29) is 11.6 Å². The second-order valence-corrected chi connectivity index (χ2v) is 7.10. The Morgan fingerprint density at radius 2 is 1.70 bits per heavy atom. The summed E-state index contributed by atoms with van der Waals surface area (Å²) in [5.41, 5.74) is 1.63. The maximum absolute atomic E-state index is 12.5. The number of nitro groups is 1. The molecule has 0 atom stereocenters. The number of para-hydroxylation sites is 1. The lowest BCUT2D eigenvalue weighted by atomic mass is 10.1. The van der Waals surface area contributed by atoms with E-state index in [0.717, 1.165) is 0 Å². The van der Waals surface area contributed by atoms with Gasteiger partial charge in [0.15, 0.2) is 5.13 Å². The second kappa shape index (κ2) is 8.54. The molecule has 0 aliphatic heterocycles. The van der Waals surface area contributed by atoms with Gasteiger partial charge < -0.3 is 4.74 Å². The van der Waals surface area contributed by atoms with Gasteiger partial charge in [0.25, 0.3) is 11.6 Å². The van der Waals surface area contributed by atoms with Crippen LogP contribution in [0.3, 0.4) is 0 Å². The van der Waals surface area contributed by atoms with Crippen molar-refractivity contribution in [3.05, 3.63) is 99.9 Å². The van der Waals surface area contributed by atoms with Crippen molar-refractivity contribution in [2.75, 3.05) is 5.32 Å². The molecule has 0 unspecified atom stereocenters. The minimum atomic E-state index is -0.455. The van der Waals surface area contributed by atoms with Gasteiger partial charge in [-0.05, 0) is 36.4 Å². The van der Waals surface area contributed by atoms with E-state index in [1.165, 1.54) is 23.5 Å². The van der Waals surface area contributed by atoms with Crippen LogP contribution >= 0.6 is 11.3 Å². The van der Waals surface area contributed by atoms with E-state index in [0.29, 0.717) is 33.5 Å². The number of hydrogen-bond acceptors (Lipinski definition) is 6. The van der Waals surface area contributed by atoms with Gasteiger partial charge in [-0.1, -0.05) is 30.3 Å². The third-order valence-electron chi connectivity index (χ3n) is 4.17. The lowest BCUT2D eigenvalue weighted by molar-refractivity contribution is -0.384. The third-order valence-corrected chi connectivity index (χ3v) is 4.93. The number of nitrogens with zero attached hydrogens (tertiary/aromatic N) is 2. The summed E-state index contributed by atoms with van der Waals surface area (Å²) in [6, 6.07) is 22.4. The fraction of sp³-hybridized carbons (Fsp3) is 0. The Morgan fingerprint density at radius 3 is 2.43 bits per heavy atom. The summed E-state index contributed by atoms with van der Waals surface area (Å²) in [5.74, 6) is 1.03. The van der Waals surface area contributed by atoms with E-state index in [4.69, 9.17) is 4.74 Å². The highest BCUT2D eigenvalue weighted by Gasteiger charge is 2.12. The fourth-order valence-corrected chi connectivity index (χ4v) is 3.43. The third kappa shape index (κ3) is 4.50. The number of non-ortho nitro benzene ring substituents is 1. The van der Waals surface area contributed by atoms with Gasteiger partial charge in [0.05, 0.1) is 10.6 Å². The fourth-order valence-electron chi connectivity index (χ4n) is 2.71. The van der Waals surface area contributed by atoms with Crippen LogP contribution in [0.2, 0.25) is 0 Å². The summed E-state index contributed by atoms with van der Waals surface area (Å²) in [4.78, 5) is 27.3. The number of nitro benzene ring substituents is 1. The first-order valence-electron chi connectivity index (χ1n) is 8.93. The van der Waals surface area contributed by atoms with Crippen LogP contribution in [0, 0.1) is 10.1 Å². The number of aromatic nitrogens is 1. The zero-order valence-electron chi connectivity index (χ0n) is 15.5. The van der Waals surface area contributed by atoms with Crippen molar-refractivity contribution in [1.29, 1.82) is 0 Å². The van der Waals surface area contributed by atoms with Crippen LogP contribution in [0.4, 0.5) is 10.8 Å². The molecule has 0 aliphatic carbocycles. The standard InChI is InChI=1S/C22H15N3O4S/c26-21(15-9-11-19(12-10-15)29-18-7-2-1-3-8-18)24-22-23-20(14-30-22)16-5-4-6-17(13-16)25(27)28/h1-14H,(H,23,24,26). The van der Waals surface area contributed by atoms with Crippen LogP contribution in [0.25, 0.3) is 11.3 Å². The first-order valence-corrected chi connectivity index (χ1v) is 9.81. The van der Waals surface area contributed by atoms with E-state index >= 15 is 0 Å². The molecule has 0 fully saturated rings. The number of benzene rings is 3. The SMILES string of the molecule is O=C(Nc1nc(-c2cccc([N+](=O)[O-])c2)cs1)c1ccc(Oc2ccccc2)cc1. The lowest BCUT2D eigenvalue weighted by Crippen LogP contribution is -2.11. The lowest BCUT2D eigenvalue weighted by Gasteiger charge is -2.06. The minimum Gasteiger partial charge on any atom is -0.457 e. The number of carbonyl (C=O) groups excluding carboxylic acids is 1. The molecule has 0 saturated heterocycles. The number of thiazole rings is 1. The van der Waals surface area contributed by atoms with Gasteiger partial charge in [-0.3, -0.25) is 20.2 Å². The highest BCUT2D eigenvalue weighted by molar-refractivity contribution is 7.14. The van der Waals surface area contributed by atoms with Crippen LogP contribution in [-0.2, 0) is 0 Å². The van der Waals surface area contributed by atoms with Gasteiger partial charge in [-0.2, -0.15) is 0 Å². The van der Waals surface area contributed by atoms with Gasteiger partial charge in [0.2, 0.25) is 0 Å². The quantitative estimate of drug-likeness (QED) is 0.318. The number of hydrogen-bond donors (Lipinski definition) is 1. The first-order chi connectivity index (χ1) is 14.6. The largest absolute Gasteiger partial charge is 0.457 e. The van der Waals surface area contributed by atoms with E-state index in [1.807, 2.05) is 30.3 Å². The van der Waals surface area contributed by atoms with Gasteiger partial charge in [-0.25, -0.2) is 4.98 Å². The first kappa shape index (κ1) is 19.3. The predicted molar refractivity (Wildman–Crippen MR) is 115 cm³/mol. The van der Waals surface area contributed by atoms with Crippen molar-refractivity contribution in [1.82, 2.24) is 4.98 Å². The molecule has 4 aromatic rings. The minimum absolute atomic E-state index is 0.0103. The Kier molecular flexibility index (Phi) is 5.49. The van der Waals surface area contributed by atoms with Crippen LogP contribution < -0.4 is 10.1 Å². The Labute approximate surface area is 175 Å². The molecule has 30 heavy (non-hydrogen) atoms. The monoisotopic (exact) mass is 417 g/mol. The molecule has 0 aliphatic rings. The normalized spacial score (nSPS) is 10.4. The summed E-state index contributed by atoms with van der Waals surface area (Å²) < 4.78 is 5.72. The van der Waals surface area contributed by atoms with Gasteiger partial charge >= 0.3 is 0 Å². The molecule has 1 heterocycles. The smallest absolute Gasteiger partial charge is 0.270 e. The molecular weight excluding hydrogens is 402 g/mol. The molecule has 1 amide bonds. The highest BCUT2D eigenvalue weighted by Crippen LogP contribution is 2.28. The average molecular weight is 417 g/mol. The Morgan fingerprint density at radius 1 is 0.967 bits per heavy atom. The maximum Gasteiger partial charge on any atom is 0.270 e. The average Bonchev–Trinajstić information content (AvgIpc) is 3.23. The summed E-state index contributed by atoms with van der Waals surface area (Å²) in [5, 5.41) is 15.8. The summed E-state index contributed by atoms with van der Waals surface area (Å²) >= 11 is 1.25. The zero-order chi connectivity index (χ0) is 20.9. The maximum atomic E-state index is 12.5. The van der Waals surface area contributed by atoms with Crippen molar-refractivity contribution >= 4 is 28.1 Å². The highest BCUT2D eigenvalue weighted by atomic mass is 32.1. The molecule has 0 radical (unpaired) electrons. The molecule has 0 spiro atoms. The summed E-state index contributed by atoms with van der Waals surface area (Å²) in [6.07, 6.45) is 0. The van der Waals surface area contributed by atoms with Crippen molar-refractivity contribution < 1.29 is 14.5 Å². The van der Waals surface area contributed by atoms with Gasteiger partial charge in [0.1, 0.15) is 11.5 Å². The van der Waals surface area contributed by atoms with Crippen molar-refractivity contribution in [2.45, 2.75) is 0 Å². The molecule has 4 rings (SSSR count). The molecular formula is C22H15N3O4S. The number of rotatable bonds is 6. The van der Waals surface area contributed by atoms with E-state index < -0.39 is 4.92 Å². The molecule has 8 heteroatoms. The topological polar surface area (TPSA) is 94.4 Å². The van der Waals surface area contributed by atoms with E-state index in [1.54, 1.807) is 41.8 Å². The number of anilines is 1. The van der Waals surface area contributed by atoms with Gasteiger partial charge in [-0.15, -0.1) is 11.3 Å². The van der Waals surface area contributed by atoms with E-state index in [9.17, 15) is 14.9 Å². The Bertz CT molecular complexity index is 1190. The number of ether oxygens (including phenoxy) is 1. The summed E-state index contributed by atoms with van der Waals surface area (Å²) in [7, 11) is 0. The molecule has 1 aromatic heterocycles. The number of amides is 1. The Balaban J connectivity index is 1.43.